The molecule has 1 aliphatic carbocycles. The first-order valence-electron chi connectivity index (χ1n) is 4.01. The minimum absolute atomic E-state index is 0.0836. The van der Waals surface area contributed by atoms with Gasteiger partial charge in [0.2, 0.25) is 15.9 Å². The first-order valence-corrected chi connectivity index (χ1v) is 5.90. The SMILES string of the molecule is CS(=O)(=O)NC(=O)C1CCCC1. The summed E-state index contributed by atoms with van der Waals surface area (Å²) in [6, 6.07) is 0. The summed E-state index contributed by atoms with van der Waals surface area (Å²) in [6.45, 7) is 0. The van der Waals surface area contributed by atoms with Crippen molar-refractivity contribution in [2.75, 3.05) is 6.26 Å². The molecule has 0 spiro atoms. The van der Waals surface area contributed by atoms with Crippen LogP contribution >= 0.6 is 0 Å². The van der Waals surface area contributed by atoms with E-state index >= 15 is 0 Å². The number of rotatable bonds is 2. The molecule has 0 radical (unpaired) electrons. The van der Waals surface area contributed by atoms with E-state index in [-0.39, 0.29) is 11.8 Å². The molecule has 70 valence electrons. The van der Waals surface area contributed by atoms with Gasteiger partial charge in [0.25, 0.3) is 0 Å². The van der Waals surface area contributed by atoms with Crippen LogP contribution in [0.1, 0.15) is 25.7 Å². The Balaban J connectivity index is 2.48. The number of nitrogens with one attached hydrogen (secondary N) is 1. The van der Waals surface area contributed by atoms with E-state index < -0.39 is 10.0 Å². The minimum atomic E-state index is -3.36. The van der Waals surface area contributed by atoms with Crippen molar-refractivity contribution >= 4 is 15.9 Å². The van der Waals surface area contributed by atoms with Crippen molar-refractivity contribution in [2.45, 2.75) is 25.7 Å². The summed E-state index contributed by atoms with van der Waals surface area (Å²) in [5.74, 6) is -0.422. The Morgan fingerprint density at radius 2 is 1.83 bits per heavy atom. The van der Waals surface area contributed by atoms with Crippen LogP contribution in [0.5, 0.6) is 0 Å². The Bertz CT molecular complexity index is 264. The van der Waals surface area contributed by atoms with Crippen LogP contribution < -0.4 is 4.72 Å². The van der Waals surface area contributed by atoms with Crippen molar-refractivity contribution in [2.24, 2.45) is 5.92 Å². The summed E-state index contributed by atoms with van der Waals surface area (Å²) in [4.78, 5) is 11.2. The Morgan fingerprint density at radius 3 is 2.25 bits per heavy atom. The monoisotopic (exact) mass is 191 g/mol. The number of hydrogen-bond acceptors (Lipinski definition) is 3. The molecule has 0 aromatic heterocycles. The predicted molar refractivity (Wildman–Crippen MR) is 44.9 cm³/mol. The second kappa shape index (κ2) is 3.43. The molecule has 0 bridgehead atoms. The maximum atomic E-state index is 11.2. The normalized spacial score (nSPS) is 19.4. The van der Waals surface area contributed by atoms with Gasteiger partial charge in [-0.05, 0) is 12.8 Å². The van der Waals surface area contributed by atoms with Gasteiger partial charge in [-0.2, -0.15) is 0 Å². The summed E-state index contributed by atoms with van der Waals surface area (Å²) in [5, 5.41) is 0. The largest absolute Gasteiger partial charge is 0.274 e. The fraction of sp³-hybridized carbons (Fsp3) is 0.857. The lowest BCUT2D eigenvalue weighted by atomic mass is 10.1. The third-order valence-electron chi connectivity index (χ3n) is 2.01. The predicted octanol–water partition coefficient (Wildman–Crippen LogP) is 0.252. The quantitative estimate of drug-likeness (QED) is 0.680. The highest BCUT2D eigenvalue weighted by molar-refractivity contribution is 7.89. The fourth-order valence-electron chi connectivity index (χ4n) is 1.45. The first kappa shape index (κ1) is 9.51. The molecule has 1 rings (SSSR count). The maximum Gasteiger partial charge on any atom is 0.236 e. The molecular formula is C7H13NO3S. The summed E-state index contributed by atoms with van der Waals surface area (Å²) < 4.78 is 23.3. The molecular weight excluding hydrogens is 178 g/mol. The van der Waals surface area contributed by atoms with E-state index in [0.29, 0.717) is 0 Å². The first-order chi connectivity index (χ1) is 5.49. The smallest absolute Gasteiger partial charge is 0.236 e. The molecule has 4 nitrogen and oxygen atoms in total. The number of amides is 1. The van der Waals surface area contributed by atoms with E-state index in [4.69, 9.17) is 0 Å². The molecule has 0 aromatic carbocycles. The lowest BCUT2D eigenvalue weighted by Gasteiger charge is -2.07. The van der Waals surface area contributed by atoms with Gasteiger partial charge >= 0.3 is 0 Å². The van der Waals surface area contributed by atoms with Gasteiger partial charge in [0.1, 0.15) is 0 Å². The lowest BCUT2D eigenvalue weighted by Crippen LogP contribution is -2.33. The zero-order valence-electron chi connectivity index (χ0n) is 7.04. The van der Waals surface area contributed by atoms with Crippen LogP contribution in [0.4, 0.5) is 0 Å². The number of hydrogen-bond donors (Lipinski definition) is 1. The van der Waals surface area contributed by atoms with Crippen molar-refractivity contribution < 1.29 is 13.2 Å². The van der Waals surface area contributed by atoms with Gasteiger partial charge in [0.15, 0.2) is 0 Å². The van der Waals surface area contributed by atoms with Gasteiger partial charge in [-0.25, -0.2) is 8.42 Å². The molecule has 0 unspecified atom stereocenters. The molecule has 0 aromatic rings. The van der Waals surface area contributed by atoms with Crippen molar-refractivity contribution in [3.63, 3.8) is 0 Å². The molecule has 1 aliphatic rings. The van der Waals surface area contributed by atoms with E-state index in [0.717, 1.165) is 31.9 Å². The van der Waals surface area contributed by atoms with Crippen LogP contribution in [0.25, 0.3) is 0 Å². The topological polar surface area (TPSA) is 63.2 Å². The van der Waals surface area contributed by atoms with Crippen molar-refractivity contribution in [1.29, 1.82) is 0 Å². The summed E-state index contributed by atoms with van der Waals surface area (Å²) >= 11 is 0. The van der Waals surface area contributed by atoms with Crippen LogP contribution in [0.15, 0.2) is 0 Å². The summed E-state index contributed by atoms with van der Waals surface area (Å²) in [5.41, 5.74) is 0. The van der Waals surface area contributed by atoms with Gasteiger partial charge in [-0.3, -0.25) is 9.52 Å². The number of carbonyl (C=O) groups is 1. The minimum Gasteiger partial charge on any atom is -0.274 e. The second-order valence-corrected chi connectivity index (χ2v) is 4.97. The second-order valence-electron chi connectivity index (χ2n) is 3.22. The van der Waals surface area contributed by atoms with Gasteiger partial charge < -0.3 is 0 Å². The molecule has 0 atom stereocenters. The average molecular weight is 191 g/mol. The van der Waals surface area contributed by atoms with Crippen molar-refractivity contribution in [3.8, 4) is 0 Å². The molecule has 5 heteroatoms. The standard InChI is InChI=1S/C7H13NO3S/c1-12(10,11)8-7(9)6-4-2-3-5-6/h6H,2-5H2,1H3,(H,8,9). The maximum absolute atomic E-state index is 11.2. The molecule has 0 heterocycles. The van der Waals surface area contributed by atoms with Crippen LogP contribution in [0.2, 0.25) is 0 Å². The molecule has 1 fully saturated rings. The van der Waals surface area contributed by atoms with Gasteiger partial charge in [0, 0.05) is 5.92 Å². The third kappa shape index (κ3) is 2.81. The van der Waals surface area contributed by atoms with E-state index in [9.17, 15) is 13.2 Å². The van der Waals surface area contributed by atoms with Crippen molar-refractivity contribution in [1.82, 2.24) is 4.72 Å². The van der Waals surface area contributed by atoms with Crippen LogP contribution in [-0.4, -0.2) is 20.6 Å². The molecule has 1 amide bonds. The fourth-order valence-corrected chi connectivity index (χ4v) is 1.99. The highest BCUT2D eigenvalue weighted by Crippen LogP contribution is 2.24. The average Bonchev–Trinajstić information content (AvgIpc) is 2.32. The van der Waals surface area contributed by atoms with E-state index in [1.807, 2.05) is 4.72 Å². The number of sulfonamides is 1. The van der Waals surface area contributed by atoms with E-state index in [1.54, 1.807) is 0 Å². The molecule has 1 saturated carbocycles. The lowest BCUT2D eigenvalue weighted by molar-refractivity contribution is -0.122. The molecule has 1 N–H and O–H groups in total. The highest BCUT2D eigenvalue weighted by atomic mass is 32.2. The Morgan fingerprint density at radius 1 is 1.33 bits per heavy atom. The summed E-state index contributed by atoms with van der Waals surface area (Å²) in [6.07, 6.45) is 4.70. The molecule has 12 heavy (non-hydrogen) atoms. The van der Waals surface area contributed by atoms with Gasteiger partial charge in [0.05, 0.1) is 6.26 Å². The van der Waals surface area contributed by atoms with Crippen molar-refractivity contribution in [3.05, 3.63) is 0 Å². The van der Waals surface area contributed by atoms with Crippen LogP contribution in [0.3, 0.4) is 0 Å². The zero-order valence-corrected chi connectivity index (χ0v) is 7.86. The Hall–Kier alpha value is -0.580. The van der Waals surface area contributed by atoms with Crippen LogP contribution in [0, 0.1) is 5.92 Å². The molecule has 0 aliphatic heterocycles. The zero-order chi connectivity index (χ0) is 9.19. The molecule has 0 saturated heterocycles. The van der Waals surface area contributed by atoms with Crippen LogP contribution in [-0.2, 0) is 14.8 Å². The van der Waals surface area contributed by atoms with E-state index in [2.05, 4.69) is 0 Å². The number of carbonyl (C=O) groups excluding carboxylic acids is 1. The van der Waals surface area contributed by atoms with Gasteiger partial charge in [-0.15, -0.1) is 0 Å². The Kier molecular flexibility index (Phi) is 2.72. The van der Waals surface area contributed by atoms with E-state index in [1.165, 1.54) is 0 Å². The Labute approximate surface area is 72.4 Å². The van der Waals surface area contributed by atoms with Gasteiger partial charge in [-0.1, -0.05) is 12.8 Å². The highest BCUT2D eigenvalue weighted by Gasteiger charge is 2.24. The summed E-state index contributed by atoms with van der Waals surface area (Å²) in [7, 11) is -3.36. The third-order valence-corrected chi connectivity index (χ3v) is 2.58.